The van der Waals surface area contributed by atoms with Crippen molar-refractivity contribution in [1.82, 2.24) is 5.32 Å². The monoisotopic (exact) mass is 407 g/mol. The van der Waals surface area contributed by atoms with Gasteiger partial charge in [0.05, 0.1) is 29.9 Å². The van der Waals surface area contributed by atoms with Crippen molar-refractivity contribution in [3.63, 3.8) is 0 Å². The molecule has 1 aliphatic heterocycles. The Morgan fingerprint density at radius 2 is 1.93 bits per heavy atom. The number of aliphatic hydroxyl groups is 4. The maximum absolute atomic E-state index is 12.7. The third-order valence-electron chi connectivity index (χ3n) is 7.56. The van der Waals surface area contributed by atoms with Crippen LogP contribution in [0.5, 0.6) is 11.5 Å². The fraction of sp³-hybridized carbons (Fsp3) is 0.667. The lowest BCUT2D eigenvalue weighted by atomic mass is 9.42. The summed E-state index contributed by atoms with van der Waals surface area (Å²) in [5.74, 6) is -0.736. The van der Waals surface area contributed by atoms with Gasteiger partial charge in [-0.1, -0.05) is 13.8 Å². The van der Waals surface area contributed by atoms with Crippen LogP contribution in [-0.4, -0.2) is 61.9 Å². The Bertz CT molecular complexity index is 850. The summed E-state index contributed by atoms with van der Waals surface area (Å²) < 4.78 is 5.98. The number of amides is 1. The molecule has 160 valence electrons. The van der Waals surface area contributed by atoms with E-state index < -0.39 is 48.2 Å². The first-order valence-electron chi connectivity index (χ1n) is 9.96. The molecular weight excluding hydrogens is 378 g/mol. The second kappa shape index (κ2) is 6.31. The van der Waals surface area contributed by atoms with E-state index in [1.807, 2.05) is 0 Å². The Labute approximate surface area is 169 Å². The molecule has 0 radical (unpaired) electrons. The number of aliphatic hydroxyl groups excluding tert-OH is 3. The molecule has 29 heavy (non-hydrogen) atoms. The fourth-order valence-electron chi connectivity index (χ4n) is 5.38. The van der Waals surface area contributed by atoms with Crippen molar-refractivity contribution in [2.45, 2.75) is 57.0 Å². The summed E-state index contributed by atoms with van der Waals surface area (Å²) in [5.41, 5.74) is -3.12. The summed E-state index contributed by atoms with van der Waals surface area (Å²) in [7, 11) is 0. The van der Waals surface area contributed by atoms with E-state index in [4.69, 9.17) is 4.74 Å². The first-order chi connectivity index (χ1) is 13.5. The molecule has 0 unspecified atom stereocenters. The van der Waals surface area contributed by atoms with Gasteiger partial charge in [0.25, 0.3) is 5.91 Å². The third kappa shape index (κ3) is 2.63. The largest absolute Gasteiger partial charge is 0.507 e. The fourth-order valence-corrected chi connectivity index (χ4v) is 5.38. The molecule has 5 rings (SSSR count). The minimum Gasteiger partial charge on any atom is -0.507 e. The first-order valence-corrected chi connectivity index (χ1v) is 9.96. The van der Waals surface area contributed by atoms with Gasteiger partial charge in [-0.3, -0.25) is 4.79 Å². The number of nitrogens with one attached hydrogen (secondary N) is 1. The standard InChI is InChI=1S/C21H29NO7/c1-19(2)10-6-13(19)21(28)14(7-10)29-12-5-4-11(16(25)15(12)17(21)26)18(27)22-20(3,8-23)9-24/h4-5,10,13-14,17,23-26,28H,6-9H2,1-3H3,(H,22,27)/t10-,13-,14-,17+,21-/m1/s1. The maximum atomic E-state index is 12.7. The molecule has 0 aromatic heterocycles. The van der Waals surface area contributed by atoms with E-state index in [9.17, 15) is 30.3 Å². The van der Waals surface area contributed by atoms with Crippen molar-refractivity contribution in [1.29, 1.82) is 0 Å². The summed E-state index contributed by atoms with van der Waals surface area (Å²) in [6.45, 7) is 4.61. The highest BCUT2D eigenvalue weighted by molar-refractivity contribution is 5.98. The molecule has 8 heteroatoms. The predicted molar refractivity (Wildman–Crippen MR) is 102 cm³/mol. The molecule has 1 aromatic carbocycles. The lowest BCUT2D eigenvalue weighted by Crippen LogP contribution is -2.72. The molecule has 0 spiro atoms. The summed E-state index contributed by atoms with van der Waals surface area (Å²) in [6.07, 6.45) is -0.586. The molecule has 3 saturated carbocycles. The average molecular weight is 407 g/mol. The summed E-state index contributed by atoms with van der Waals surface area (Å²) >= 11 is 0. The van der Waals surface area contributed by atoms with Gasteiger partial charge < -0.3 is 35.6 Å². The van der Waals surface area contributed by atoms with Crippen LogP contribution < -0.4 is 10.1 Å². The van der Waals surface area contributed by atoms with E-state index in [2.05, 4.69) is 19.2 Å². The molecule has 3 fully saturated rings. The minimum absolute atomic E-state index is 0.00718. The van der Waals surface area contributed by atoms with Crippen LogP contribution in [0.15, 0.2) is 12.1 Å². The number of carbonyl (C=O) groups is 1. The molecule has 1 heterocycles. The smallest absolute Gasteiger partial charge is 0.255 e. The van der Waals surface area contributed by atoms with Crippen molar-refractivity contribution < 1.29 is 35.1 Å². The van der Waals surface area contributed by atoms with Gasteiger partial charge in [0, 0.05) is 0 Å². The molecule has 1 amide bonds. The third-order valence-corrected chi connectivity index (χ3v) is 7.56. The van der Waals surface area contributed by atoms with Crippen LogP contribution in [-0.2, 0) is 0 Å². The zero-order valence-electron chi connectivity index (χ0n) is 16.8. The van der Waals surface area contributed by atoms with Crippen LogP contribution in [0.1, 0.15) is 55.6 Å². The number of rotatable bonds is 4. The number of phenolic OH excluding ortho intramolecular Hbond substituents is 1. The number of aromatic hydroxyl groups is 1. The van der Waals surface area contributed by atoms with Gasteiger partial charge in [-0.2, -0.15) is 0 Å². The number of ether oxygens (including phenoxy) is 1. The Morgan fingerprint density at radius 3 is 2.52 bits per heavy atom. The van der Waals surface area contributed by atoms with E-state index in [-0.39, 0.29) is 28.2 Å². The van der Waals surface area contributed by atoms with Crippen molar-refractivity contribution in [2.75, 3.05) is 13.2 Å². The van der Waals surface area contributed by atoms with Crippen LogP contribution >= 0.6 is 0 Å². The normalized spacial score (nSPS) is 34.3. The predicted octanol–water partition coefficient (Wildman–Crippen LogP) is 0.457. The van der Waals surface area contributed by atoms with Crippen molar-refractivity contribution in [3.05, 3.63) is 23.3 Å². The van der Waals surface area contributed by atoms with Gasteiger partial charge in [0.2, 0.25) is 0 Å². The summed E-state index contributed by atoms with van der Waals surface area (Å²) in [5, 5.41) is 54.8. The van der Waals surface area contributed by atoms with Crippen molar-refractivity contribution in [2.24, 2.45) is 17.3 Å². The SMILES string of the molecule is CC(CO)(CO)NC(=O)c1ccc2c(c1O)[C@H](O)[C@@]1(O)[C@@H]3C[C@H](C[C@H]1O2)C3(C)C. The highest BCUT2D eigenvalue weighted by atomic mass is 16.5. The molecule has 3 aliphatic carbocycles. The Balaban J connectivity index is 1.72. The van der Waals surface area contributed by atoms with Gasteiger partial charge in [0.15, 0.2) is 0 Å². The number of benzene rings is 1. The molecule has 6 N–H and O–H groups in total. The van der Waals surface area contributed by atoms with Crippen molar-refractivity contribution >= 4 is 5.91 Å². The topological polar surface area (TPSA) is 139 Å². The molecule has 5 atom stereocenters. The molecule has 2 bridgehead atoms. The van der Waals surface area contributed by atoms with E-state index in [1.54, 1.807) is 0 Å². The number of carbonyl (C=O) groups excluding carboxylic acids is 1. The zero-order chi connectivity index (χ0) is 21.4. The Hall–Kier alpha value is -1.87. The number of phenols is 1. The van der Waals surface area contributed by atoms with Gasteiger partial charge in [-0.15, -0.1) is 0 Å². The summed E-state index contributed by atoms with van der Waals surface area (Å²) in [6, 6.07) is 2.86. The average Bonchev–Trinajstić information content (AvgIpc) is 2.68. The lowest BCUT2D eigenvalue weighted by Gasteiger charge is -2.67. The first kappa shape index (κ1) is 20.4. The number of hydrogen-bond acceptors (Lipinski definition) is 7. The maximum Gasteiger partial charge on any atom is 0.255 e. The second-order valence-corrected chi connectivity index (χ2v) is 9.64. The van der Waals surface area contributed by atoms with Crippen LogP contribution in [0, 0.1) is 17.3 Å². The Morgan fingerprint density at radius 1 is 1.28 bits per heavy atom. The van der Waals surface area contributed by atoms with Crippen LogP contribution in [0.25, 0.3) is 0 Å². The molecule has 0 saturated heterocycles. The molecular formula is C21H29NO7. The number of fused-ring (bicyclic) bond motifs is 1. The highest BCUT2D eigenvalue weighted by Crippen LogP contribution is 2.67. The molecule has 4 aliphatic rings. The Kier molecular flexibility index (Phi) is 4.44. The van der Waals surface area contributed by atoms with Crippen LogP contribution in [0.4, 0.5) is 0 Å². The lowest BCUT2D eigenvalue weighted by molar-refractivity contribution is -0.289. The van der Waals surface area contributed by atoms with Crippen molar-refractivity contribution in [3.8, 4) is 11.5 Å². The molecule has 1 aromatic rings. The van der Waals surface area contributed by atoms with Gasteiger partial charge >= 0.3 is 0 Å². The van der Waals surface area contributed by atoms with E-state index >= 15 is 0 Å². The molecule has 8 nitrogen and oxygen atoms in total. The van der Waals surface area contributed by atoms with Crippen LogP contribution in [0.2, 0.25) is 0 Å². The minimum atomic E-state index is -1.55. The van der Waals surface area contributed by atoms with Gasteiger partial charge in [-0.25, -0.2) is 0 Å². The second-order valence-electron chi connectivity index (χ2n) is 9.64. The van der Waals surface area contributed by atoms with E-state index in [0.717, 1.165) is 6.42 Å². The van der Waals surface area contributed by atoms with E-state index in [1.165, 1.54) is 19.1 Å². The number of hydrogen-bond donors (Lipinski definition) is 6. The highest BCUT2D eigenvalue weighted by Gasteiger charge is 2.70. The summed E-state index contributed by atoms with van der Waals surface area (Å²) in [4.78, 5) is 12.7. The van der Waals surface area contributed by atoms with Gasteiger partial charge in [0.1, 0.15) is 29.3 Å². The van der Waals surface area contributed by atoms with E-state index in [0.29, 0.717) is 12.3 Å². The zero-order valence-corrected chi connectivity index (χ0v) is 16.8. The van der Waals surface area contributed by atoms with Gasteiger partial charge in [-0.05, 0) is 49.1 Å². The quantitative estimate of drug-likeness (QED) is 0.426. The van der Waals surface area contributed by atoms with Crippen LogP contribution in [0.3, 0.4) is 0 Å².